The van der Waals surface area contributed by atoms with Gasteiger partial charge in [-0.15, -0.1) is 5.54 Å². The topological polar surface area (TPSA) is 44.8 Å². The van der Waals surface area contributed by atoms with Crippen molar-refractivity contribution >= 4 is 15.9 Å². The van der Waals surface area contributed by atoms with E-state index in [4.69, 9.17) is 13.6 Å². The minimum atomic E-state index is -3.44. The summed E-state index contributed by atoms with van der Waals surface area (Å²) in [6.45, 7) is 12.2. The highest BCUT2D eigenvalue weighted by Gasteiger charge is 2.27. The molecule has 0 radical (unpaired) electrons. The number of phosphoric ester groups is 1. The van der Waals surface area contributed by atoms with E-state index in [2.05, 4.69) is 31.1 Å². The molecule has 0 aromatic carbocycles. The van der Waals surface area contributed by atoms with Crippen LogP contribution in [0.5, 0.6) is 0 Å². The third-order valence-electron chi connectivity index (χ3n) is 1.51. The predicted octanol–water partition coefficient (Wildman–Crippen LogP) is 3.45. The van der Waals surface area contributed by atoms with E-state index in [0.717, 1.165) is 0 Å². The van der Waals surface area contributed by atoms with Gasteiger partial charge >= 0.3 is 7.82 Å². The van der Waals surface area contributed by atoms with Crippen molar-refractivity contribution in [2.75, 3.05) is 13.2 Å². The molecule has 0 heterocycles. The van der Waals surface area contributed by atoms with Crippen molar-refractivity contribution < 1.29 is 18.1 Å². The molecule has 0 spiro atoms. The maximum atomic E-state index is 12.0. The Bertz CT molecular complexity index is 317. The molecule has 0 aliphatic carbocycles. The Kier molecular flexibility index (Phi) is 7.30. The summed E-state index contributed by atoms with van der Waals surface area (Å²) in [5, 5.41) is 0. The van der Waals surface area contributed by atoms with E-state index in [9.17, 15) is 4.57 Å². The molecule has 1 atom stereocenters. The third kappa shape index (κ3) is 8.59. The van der Waals surface area contributed by atoms with Crippen molar-refractivity contribution in [1.29, 1.82) is 0 Å². The summed E-state index contributed by atoms with van der Waals surface area (Å²) in [5.74, 6) is 2.95. The Balaban J connectivity index is 4.55. The minimum Gasteiger partial charge on any atom is -0.287 e. The Morgan fingerprint density at radius 3 is 2.00 bits per heavy atom. The Morgan fingerprint density at radius 1 is 1.18 bits per heavy atom. The zero-order chi connectivity index (χ0) is 13.5. The number of hydrogen-bond acceptors (Lipinski definition) is 4. The van der Waals surface area contributed by atoms with Gasteiger partial charge in [0.05, 0.1) is 13.2 Å². The molecular weight excluding hydrogens is 255 g/mol. The molecule has 0 N–H and O–H groups in total. The average Bonchev–Trinajstić information content (AvgIpc) is 2.14. The van der Waals surface area contributed by atoms with Gasteiger partial charge in [-0.1, -0.05) is 25.6 Å². The summed E-state index contributed by atoms with van der Waals surface area (Å²) in [4.78, 5) is 0. The molecule has 6 heteroatoms. The largest absolute Gasteiger partial charge is 0.475 e. The molecule has 0 fully saturated rings. The lowest BCUT2D eigenvalue weighted by molar-refractivity contribution is 0.109. The van der Waals surface area contributed by atoms with Gasteiger partial charge in [-0.05, 0) is 20.8 Å². The molecule has 0 bridgehead atoms. The third-order valence-corrected chi connectivity index (χ3v) is 4.13. The summed E-state index contributed by atoms with van der Waals surface area (Å²) in [7, 11) is -4.89. The Morgan fingerprint density at radius 2 is 1.65 bits per heavy atom. The average molecular weight is 278 g/mol. The molecule has 100 valence electrons. The predicted molar refractivity (Wildman–Crippen MR) is 72.5 cm³/mol. The van der Waals surface area contributed by atoms with Crippen LogP contribution in [0.4, 0.5) is 0 Å². The van der Waals surface area contributed by atoms with Crippen molar-refractivity contribution in [3.63, 3.8) is 0 Å². The first-order valence-corrected chi connectivity index (χ1v) is 10.8. The highest BCUT2D eigenvalue weighted by atomic mass is 31.2. The van der Waals surface area contributed by atoms with Crippen LogP contribution in [-0.2, 0) is 18.1 Å². The standard InChI is InChI=1S/C11H23O4PSi/c1-7-13-16(12,14-8-2)15-11(3)9-10-17(4,5)6/h11H,7-8H2,1-6H3/t11-/m1/s1. The molecule has 0 rings (SSSR count). The molecule has 0 aromatic rings. The lowest BCUT2D eigenvalue weighted by Gasteiger charge is -2.18. The van der Waals surface area contributed by atoms with Crippen LogP contribution in [0, 0.1) is 11.5 Å². The molecule has 0 aromatic heterocycles. The van der Waals surface area contributed by atoms with Gasteiger partial charge in [-0.3, -0.25) is 13.6 Å². The van der Waals surface area contributed by atoms with Crippen LogP contribution in [0.15, 0.2) is 0 Å². The quantitative estimate of drug-likeness (QED) is 0.424. The van der Waals surface area contributed by atoms with Crippen LogP contribution in [-0.4, -0.2) is 27.4 Å². The first-order chi connectivity index (χ1) is 7.72. The van der Waals surface area contributed by atoms with E-state index in [1.807, 2.05) is 0 Å². The SMILES string of the molecule is CCOP(=O)(OCC)O[C@H](C)C#C[Si](C)(C)C. The maximum Gasteiger partial charge on any atom is 0.475 e. The molecule has 4 nitrogen and oxygen atoms in total. The van der Waals surface area contributed by atoms with E-state index >= 15 is 0 Å². The summed E-state index contributed by atoms with van der Waals surface area (Å²) in [6.07, 6.45) is -0.453. The van der Waals surface area contributed by atoms with E-state index in [-0.39, 0.29) is 13.2 Å². The second-order valence-electron chi connectivity index (χ2n) is 4.55. The lowest BCUT2D eigenvalue weighted by atomic mass is 10.4. The summed E-state index contributed by atoms with van der Waals surface area (Å²) >= 11 is 0. The zero-order valence-corrected chi connectivity index (χ0v) is 13.5. The molecule has 0 amide bonds. The number of rotatable bonds is 6. The van der Waals surface area contributed by atoms with E-state index in [1.54, 1.807) is 20.8 Å². The summed E-state index contributed by atoms with van der Waals surface area (Å²) in [6, 6.07) is 0. The second kappa shape index (κ2) is 7.35. The monoisotopic (exact) mass is 278 g/mol. The smallest absolute Gasteiger partial charge is 0.287 e. The van der Waals surface area contributed by atoms with Gasteiger partial charge < -0.3 is 0 Å². The van der Waals surface area contributed by atoms with Crippen LogP contribution in [0.3, 0.4) is 0 Å². The van der Waals surface area contributed by atoms with E-state index in [0.29, 0.717) is 0 Å². The highest BCUT2D eigenvalue weighted by molar-refractivity contribution is 7.48. The highest BCUT2D eigenvalue weighted by Crippen LogP contribution is 2.50. The summed E-state index contributed by atoms with van der Waals surface area (Å²) < 4.78 is 27.4. The molecule has 0 unspecified atom stereocenters. The van der Waals surface area contributed by atoms with Gasteiger partial charge in [0, 0.05) is 0 Å². The molecule has 0 aliphatic heterocycles. The van der Waals surface area contributed by atoms with Gasteiger partial charge in [0.2, 0.25) is 0 Å². The van der Waals surface area contributed by atoms with E-state index in [1.165, 1.54) is 0 Å². The molecule has 17 heavy (non-hydrogen) atoms. The first kappa shape index (κ1) is 16.9. The van der Waals surface area contributed by atoms with Crippen molar-refractivity contribution in [2.24, 2.45) is 0 Å². The lowest BCUT2D eigenvalue weighted by Crippen LogP contribution is -2.18. The fourth-order valence-corrected chi connectivity index (χ4v) is 2.86. The van der Waals surface area contributed by atoms with Gasteiger partial charge in [0.25, 0.3) is 0 Å². The van der Waals surface area contributed by atoms with Crippen molar-refractivity contribution in [3.8, 4) is 11.5 Å². The van der Waals surface area contributed by atoms with Crippen molar-refractivity contribution in [2.45, 2.75) is 46.5 Å². The van der Waals surface area contributed by atoms with Gasteiger partial charge in [-0.2, -0.15) is 0 Å². The number of phosphoric acid groups is 1. The zero-order valence-electron chi connectivity index (χ0n) is 11.6. The minimum absolute atomic E-state index is 0.283. The second-order valence-corrected chi connectivity index (χ2v) is 10.9. The summed E-state index contributed by atoms with van der Waals surface area (Å²) in [5.41, 5.74) is 3.16. The van der Waals surface area contributed by atoms with Crippen LogP contribution < -0.4 is 0 Å². The van der Waals surface area contributed by atoms with Crippen LogP contribution in [0.25, 0.3) is 0 Å². The number of hydrogen-bond donors (Lipinski definition) is 0. The van der Waals surface area contributed by atoms with Gasteiger partial charge in [0.15, 0.2) is 0 Å². The molecule has 0 aliphatic rings. The Labute approximate surface area is 106 Å². The fraction of sp³-hybridized carbons (Fsp3) is 0.818. The fourth-order valence-electron chi connectivity index (χ4n) is 0.952. The van der Waals surface area contributed by atoms with Gasteiger partial charge in [0.1, 0.15) is 14.2 Å². The van der Waals surface area contributed by atoms with E-state index < -0.39 is 22.0 Å². The normalized spacial score (nSPS) is 14.0. The van der Waals surface area contributed by atoms with Crippen LogP contribution in [0.2, 0.25) is 19.6 Å². The van der Waals surface area contributed by atoms with Crippen molar-refractivity contribution in [3.05, 3.63) is 0 Å². The maximum absolute atomic E-state index is 12.0. The van der Waals surface area contributed by atoms with Crippen LogP contribution in [0.1, 0.15) is 20.8 Å². The van der Waals surface area contributed by atoms with Gasteiger partial charge in [-0.25, -0.2) is 4.57 Å². The molecular formula is C11H23O4PSi. The molecule has 0 saturated heterocycles. The van der Waals surface area contributed by atoms with Crippen LogP contribution >= 0.6 is 7.82 Å². The Hall–Kier alpha value is -0.113. The molecule has 0 saturated carbocycles. The van der Waals surface area contributed by atoms with Crippen molar-refractivity contribution in [1.82, 2.24) is 0 Å². The first-order valence-electron chi connectivity index (χ1n) is 5.82.